The van der Waals surface area contributed by atoms with Crippen LogP contribution in [-0.4, -0.2) is 34.3 Å². The normalized spacial score (nSPS) is 14.2. The number of hydrogen-bond acceptors (Lipinski definition) is 6. The number of carbonyl (C=O) groups is 2. The summed E-state index contributed by atoms with van der Waals surface area (Å²) in [5.41, 5.74) is 1.63. The molecule has 3 rings (SSSR count). The van der Waals surface area contributed by atoms with Crippen molar-refractivity contribution in [3.05, 3.63) is 29.3 Å². The van der Waals surface area contributed by atoms with E-state index >= 15 is 0 Å². The van der Waals surface area contributed by atoms with Crippen LogP contribution in [-0.2, 0) is 9.59 Å². The summed E-state index contributed by atoms with van der Waals surface area (Å²) in [6.07, 6.45) is 1.93. The van der Waals surface area contributed by atoms with E-state index in [1.807, 2.05) is 31.2 Å². The minimum absolute atomic E-state index is 0.0336. The van der Waals surface area contributed by atoms with Gasteiger partial charge in [0, 0.05) is 36.5 Å². The lowest BCUT2D eigenvalue weighted by Gasteiger charge is -2.16. The van der Waals surface area contributed by atoms with Gasteiger partial charge >= 0.3 is 0 Å². The second-order valence-electron chi connectivity index (χ2n) is 5.43. The van der Waals surface area contributed by atoms with E-state index in [1.54, 1.807) is 4.90 Å². The Labute approximate surface area is 148 Å². The maximum absolute atomic E-state index is 12.0. The highest BCUT2D eigenvalue weighted by atomic mass is 32.2. The van der Waals surface area contributed by atoms with Gasteiger partial charge in [0.15, 0.2) is 4.34 Å². The van der Waals surface area contributed by atoms with Gasteiger partial charge in [-0.15, -0.1) is 10.2 Å². The molecule has 0 saturated carbocycles. The van der Waals surface area contributed by atoms with E-state index in [0.717, 1.165) is 33.7 Å². The average molecular weight is 362 g/mol. The molecule has 8 heteroatoms. The van der Waals surface area contributed by atoms with Crippen LogP contribution in [0.3, 0.4) is 0 Å². The molecule has 24 heavy (non-hydrogen) atoms. The molecule has 0 radical (unpaired) electrons. The lowest BCUT2D eigenvalue weighted by Crippen LogP contribution is -2.23. The average Bonchev–Trinajstić information content (AvgIpc) is 3.17. The molecule has 1 aromatic carbocycles. The lowest BCUT2D eigenvalue weighted by atomic mass is 10.2. The summed E-state index contributed by atoms with van der Waals surface area (Å²) >= 11 is 3.07. The second kappa shape index (κ2) is 7.76. The van der Waals surface area contributed by atoms with Crippen molar-refractivity contribution in [1.29, 1.82) is 0 Å². The zero-order valence-corrected chi connectivity index (χ0v) is 15.0. The van der Waals surface area contributed by atoms with E-state index < -0.39 is 0 Å². The second-order valence-corrected chi connectivity index (χ2v) is 7.95. The first-order chi connectivity index (χ1) is 11.6. The van der Waals surface area contributed by atoms with Crippen LogP contribution in [0.5, 0.6) is 0 Å². The topological polar surface area (TPSA) is 75.2 Å². The summed E-state index contributed by atoms with van der Waals surface area (Å²) in [6, 6.07) is 7.41. The van der Waals surface area contributed by atoms with Crippen molar-refractivity contribution in [3.8, 4) is 0 Å². The Hall–Kier alpha value is -1.93. The first kappa shape index (κ1) is 16.9. The molecule has 2 aromatic rings. The molecule has 1 aliphatic heterocycles. The quantitative estimate of drug-likeness (QED) is 0.799. The fraction of sp³-hybridized carbons (Fsp3) is 0.375. The maximum Gasteiger partial charge on any atom is 0.227 e. The summed E-state index contributed by atoms with van der Waals surface area (Å²) in [4.78, 5) is 25.5. The molecule has 1 saturated heterocycles. The largest absolute Gasteiger partial charge is 0.326 e. The fourth-order valence-corrected chi connectivity index (χ4v) is 4.26. The van der Waals surface area contributed by atoms with Crippen LogP contribution >= 0.6 is 23.1 Å². The van der Waals surface area contributed by atoms with Gasteiger partial charge in [-0.3, -0.25) is 9.59 Å². The van der Waals surface area contributed by atoms with E-state index in [4.69, 9.17) is 0 Å². The van der Waals surface area contributed by atoms with E-state index in [2.05, 4.69) is 15.5 Å². The van der Waals surface area contributed by atoms with Crippen molar-refractivity contribution >= 4 is 46.3 Å². The Balaban J connectivity index is 1.46. The third-order valence-corrected chi connectivity index (χ3v) is 5.57. The van der Waals surface area contributed by atoms with Crippen molar-refractivity contribution in [1.82, 2.24) is 10.2 Å². The molecule has 1 aromatic heterocycles. The highest BCUT2D eigenvalue weighted by molar-refractivity contribution is 8.01. The van der Waals surface area contributed by atoms with Crippen LogP contribution in [0.2, 0.25) is 0 Å². The number of carbonyl (C=O) groups excluding carboxylic acids is 2. The molecule has 1 fully saturated rings. The van der Waals surface area contributed by atoms with Crippen molar-refractivity contribution in [2.75, 3.05) is 22.5 Å². The molecule has 0 spiro atoms. The predicted octanol–water partition coefficient (Wildman–Crippen LogP) is 3.09. The van der Waals surface area contributed by atoms with Crippen molar-refractivity contribution in [2.24, 2.45) is 0 Å². The van der Waals surface area contributed by atoms with Gasteiger partial charge in [0.1, 0.15) is 5.01 Å². The number of thioether (sulfide) groups is 1. The number of nitrogens with one attached hydrogen (secondary N) is 1. The van der Waals surface area contributed by atoms with Gasteiger partial charge < -0.3 is 10.2 Å². The van der Waals surface area contributed by atoms with Crippen molar-refractivity contribution < 1.29 is 9.59 Å². The number of anilines is 2. The molecule has 1 aliphatic rings. The van der Waals surface area contributed by atoms with Gasteiger partial charge in [-0.25, -0.2) is 0 Å². The molecule has 1 N–H and O–H groups in total. The van der Waals surface area contributed by atoms with Crippen LogP contribution in [0.15, 0.2) is 28.6 Å². The fourth-order valence-electron chi connectivity index (χ4n) is 2.44. The van der Waals surface area contributed by atoms with Crippen LogP contribution in [0.25, 0.3) is 0 Å². The molecular formula is C16H18N4O2S2. The van der Waals surface area contributed by atoms with Crippen molar-refractivity contribution in [2.45, 2.75) is 30.5 Å². The SMILES string of the molecule is Cc1nnc(SCCC(=O)Nc2ccc(N3CCCC3=O)cc2)s1. The minimum atomic E-state index is -0.0336. The summed E-state index contributed by atoms with van der Waals surface area (Å²) in [7, 11) is 0. The molecular weight excluding hydrogens is 344 g/mol. The van der Waals surface area contributed by atoms with Crippen molar-refractivity contribution in [3.63, 3.8) is 0 Å². The molecule has 2 heterocycles. The maximum atomic E-state index is 12.0. The Morgan fingerprint density at radius 2 is 2.12 bits per heavy atom. The Morgan fingerprint density at radius 3 is 2.75 bits per heavy atom. The molecule has 2 amide bonds. The molecule has 6 nitrogen and oxygen atoms in total. The van der Waals surface area contributed by atoms with Gasteiger partial charge in [0.05, 0.1) is 0 Å². The van der Waals surface area contributed by atoms with Gasteiger partial charge in [-0.05, 0) is 37.6 Å². The molecule has 0 bridgehead atoms. The zero-order chi connectivity index (χ0) is 16.9. The summed E-state index contributed by atoms with van der Waals surface area (Å²) in [5.74, 6) is 0.797. The summed E-state index contributed by atoms with van der Waals surface area (Å²) in [5, 5.41) is 11.8. The molecule has 0 unspecified atom stereocenters. The Morgan fingerprint density at radius 1 is 1.33 bits per heavy atom. The zero-order valence-electron chi connectivity index (χ0n) is 13.3. The van der Waals surface area contributed by atoms with Gasteiger partial charge in [-0.1, -0.05) is 23.1 Å². The number of amides is 2. The number of nitrogens with zero attached hydrogens (tertiary/aromatic N) is 3. The first-order valence-electron chi connectivity index (χ1n) is 7.75. The summed E-state index contributed by atoms with van der Waals surface area (Å²) in [6.45, 7) is 2.68. The third-order valence-electron chi connectivity index (χ3n) is 3.60. The standard InChI is InChI=1S/C16H18N4O2S2/c1-11-18-19-16(24-11)23-10-8-14(21)17-12-4-6-13(7-5-12)20-9-2-3-15(20)22/h4-7H,2-3,8-10H2,1H3,(H,17,21). The third kappa shape index (κ3) is 4.33. The van der Waals surface area contributed by atoms with Gasteiger partial charge in [0.2, 0.25) is 11.8 Å². The highest BCUT2D eigenvalue weighted by Gasteiger charge is 2.21. The van der Waals surface area contributed by atoms with Gasteiger partial charge in [-0.2, -0.15) is 0 Å². The molecule has 0 atom stereocenters. The number of hydrogen-bond donors (Lipinski definition) is 1. The first-order valence-corrected chi connectivity index (χ1v) is 9.55. The smallest absolute Gasteiger partial charge is 0.227 e. The van der Waals surface area contributed by atoms with Crippen LogP contribution in [0.1, 0.15) is 24.3 Å². The lowest BCUT2D eigenvalue weighted by molar-refractivity contribution is -0.117. The number of aryl methyl sites for hydroxylation is 1. The Bertz CT molecular complexity index is 730. The summed E-state index contributed by atoms with van der Waals surface area (Å²) < 4.78 is 0.889. The highest BCUT2D eigenvalue weighted by Crippen LogP contribution is 2.24. The number of aromatic nitrogens is 2. The predicted molar refractivity (Wildman–Crippen MR) is 96.6 cm³/mol. The number of rotatable bonds is 6. The molecule has 0 aliphatic carbocycles. The van der Waals surface area contributed by atoms with E-state index in [-0.39, 0.29) is 11.8 Å². The van der Waals surface area contributed by atoms with E-state index in [9.17, 15) is 9.59 Å². The monoisotopic (exact) mass is 362 g/mol. The van der Waals surface area contributed by atoms with E-state index in [0.29, 0.717) is 18.6 Å². The van der Waals surface area contributed by atoms with Crippen LogP contribution in [0.4, 0.5) is 11.4 Å². The van der Waals surface area contributed by atoms with Gasteiger partial charge in [0.25, 0.3) is 0 Å². The molecule has 126 valence electrons. The minimum Gasteiger partial charge on any atom is -0.326 e. The number of benzene rings is 1. The Kier molecular flexibility index (Phi) is 5.47. The van der Waals surface area contributed by atoms with Crippen LogP contribution in [0, 0.1) is 6.92 Å². The van der Waals surface area contributed by atoms with Crippen LogP contribution < -0.4 is 10.2 Å². The van der Waals surface area contributed by atoms with E-state index in [1.165, 1.54) is 23.1 Å².